The van der Waals surface area contributed by atoms with Gasteiger partial charge < -0.3 is 0 Å². The van der Waals surface area contributed by atoms with E-state index in [4.69, 9.17) is 0 Å². The molecule has 0 aliphatic heterocycles. The van der Waals surface area contributed by atoms with Crippen molar-refractivity contribution in [2.24, 2.45) is 0 Å². The first-order valence-corrected chi connectivity index (χ1v) is 7.96. The number of ketones is 2. The number of carbonyl (C=O) groups excluding carboxylic acids is 2. The van der Waals surface area contributed by atoms with Crippen LogP contribution in [0.5, 0.6) is 0 Å². The molecule has 0 aromatic heterocycles. The Bertz CT molecular complexity index is 1150. The topological polar surface area (TPSA) is 34.1 Å². The van der Waals surface area contributed by atoms with Crippen molar-refractivity contribution in [1.82, 2.24) is 0 Å². The summed E-state index contributed by atoms with van der Waals surface area (Å²) in [6, 6.07) is 20.3. The van der Waals surface area contributed by atoms with Crippen molar-refractivity contribution < 1.29 is 9.59 Å². The number of Topliss-reactive ketones (excluding diaryl/α,β-unsaturated/α-hetero) is 2. The third kappa shape index (κ3) is 2.19. The zero-order valence-corrected chi connectivity index (χ0v) is 13.6. The van der Waals surface area contributed by atoms with Crippen LogP contribution in [0.15, 0.2) is 60.7 Å². The SMILES string of the molecule is CC(=O)c1ccc2cc3cc4ccccc4cc3cc2c1C(C)=O. The minimum absolute atomic E-state index is 0.0778. The molecule has 4 aromatic carbocycles. The molecule has 0 radical (unpaired) electrons. The van der Waals surface area contributed by atoms with Gasteiger partial charge in [-0.25, -0.2) is 0 Å². The van der Waals surface area contributed by atoms with E-state index in [0.29, 0.717) is 11.1 Å². The zero-order valence-electron chi connectivity index (χ0n) is 13.6. The largest absolute Gasteiger partial charge is 0.294 e. The van der Waals surface area contributed by atoms with Crippen LogP contribution in [-0.4, -0.2) is 11.6 Å². The minimum atomic E-state index is -0.0827. The molecular weight excluding hydrogens is 296 g/mol. The van der Waals surface area contributed by atoms with Crippen molar-refractivity contribution in [2.45, 2.75) is 13.8 Å². The normalized spacial score (nSPS) is 11.2. The van der Waals surface area contributed by atoms with E-state index in [1.54, 1.807) is 6.07 Å². The summed E-state index contributed by atoms with van der Waals surface area (Å²) >= 11 is 0. The molecular formula is C22H16O2. The van der Waals surface area contributed by atoms with Crippen molar-refractivity contribution in [3.05, 3.63) is 71.8 Å². The summed E-state index contributed by atoms with van der Waals surface area (Å²) in [5.41, 5.74) is 1.02. The van der Waals surface area contributed by atoms with Gasteiger partial charge in [0.05, 0.1) is 0 Å². The summed E-state index contributed by atoms with van der Waals surface area (Å²) in [7, 11) is 0. The van der Waals surface area contributed by atoms with Crippen molar-refractivity contribution >= 4 is 43.9 Å². The van der Waals surface area contributed by atoms with Crippen LogP contribution in [0.4, 0.5) is 0 Å². The number of carbonyl (C=O) groups is 2. The van der Waals surface area contributed by atoms with Crippen LogP contribution in [-0.2, 0) is 0 Å². The fraction of sp³-hybridized carbons (Fsp3) is 0.0909. The maximum absolute atomic E-state index is 12.2. The van der Waals surface area contributed by atoms with Crippen LogP contribution in [0, 0.1) is 0 Å². The first-order chi connectivity index (χ1) is 11.5. The fourth-order valence-corrected chi connectivity index (χ4v) is 3.44. The molecule has 0 amide bonds. The van der Waals surface area contributed by atoms with Crippen LogP contribution < -0.4 is 0 Å². The van der Waals surface area contributed by atoms with Gasteiger partial charge >= 0.3 is 0 Å². The maximum Gasteiger partial charge on any atom is 0.161 e. The van der Waals surface area contributed by atoms with E-state index >= 15 is 0 Å². The standard InChI is InChI=1S/C22H16O2/c1-13(23)20-8-7-17-11-18-9-15-5-3-4-6-16(15)10-19(18)12-21(17)22(20)14(2)24/h3-12H,1-2H3. The van der Waals surface area contributed by atoms with Gasteiger partial charge in [-0.15, -0.1) is 0 Å². The van der Waals surface area contributed by atoms with Gasteiger partial charge in [-0.1, -0.05) is 36.4 Å². The first-order valence-electron chi connectivity index (χ1n) is 7.96. The predicted molar refractivity (Wildman–Crippen MR) is 99.0 cm³/mol. The average Bonchev–Trinajstić information content (AvgIpc) is 2.56. The Morgan fingerprint density at radius 2 is 1.21 bits per heavy atom. The molecule has 0 fully saturated rings. The number of rotatable bonds is 2. The van der Waals surface area contributed by atoms with Gasteiger partial charge in [0.15, 0.2) is 11.6 Å². The van der Waals surface area contributed by atoms with E-state index in [-0.39, 0.29) is 11.6 Å². The third-order valence-corrected chi connectivity index (χ3v) is 4.57. The van der Waals surface area contributed by atoms with Crippen molar-refractivity contribution in [1.29, 1.82) is 0 Å². The monoisotopic (exact) mass is 312 g/mol. The lowest BCUT2D eigenvalue weighted by Gasteiger charge is -2.11. The highest BCUT2D eigenvalue weighted by molar-refractivity contribution is 6.18. The minimum Gasteiger partial charge on any atom is -0.294 e. The summed E-state index contributed by atoms with van der Waals surface area (Å²) in [6.45, 7) is 3.02. The molecule has 0 aliphatic rings. The van der Waals surface area contributed by atoms with Crippen LogP contribution in [0.3, 0.4) is 0 Å². The smallest absolute Gasteiger partial charge is 0.161 e. The van der Waals surface area contributed by atoms with Gasteiger partial charge in [0.1, 0.15) is 0 Å². The van der Waals surface area contributed by atoms with Gasteiger partial charge in [0.25, 0.3) is 0 Å². The van der Waals surface area contributed by atoms with E-state index in [2.05, 4.69) is 30.3 Å². The van der Waals surface area contributed by atoms with E-state index in [1.165, 1.54) is 19.2 Å². The molecule has 4 rings (SSSR count). The predicted octanol–water partition coefficient (Wildman–Crippen LogP) is 5.55. The second-order valence-electron chi connectivity index (χ2n) is 6.22. The molecule has 0 N–H and O–H groups in total. The molecule has 116 valence electrons. The molecule has 24 heavy (non-hydrogen) atoms. The van der Waals surface area contributed by atoms with Gasteiger partial charge in [-0.05, 0) is 70.4 Å². The quantitative estimate of drug-likeness (QED) is 0.359. The molecule has 2 nitrogen and oxygen atoms in total. The van der Waals surface area contributed by atoms with Crippen molar-refractivity contribution in [2.75, 3.05) is 0 Å². The molecule has 0 unspecified atom stereocenters. The Morgan fingerprint density at radius 3 is 1.79 bits per heavy atom. The highest BCUT2D eigenvalue weighted by Gasteiger charge is 2.15. The zero-order chi connectivity index (χ0) is 16.8. The van der Waals surface area contributed by atoms with Crippen LogP contribution >= 0.6 is 0 Å². The molecule has 0 spiro atoms. The lowest BCUT2D eigenvalue weighted by Crippen LogP contribution is -2.05. The van der Waals surface area contributed by atoms with Crippen molar-refractivity contribution in [3.63, 3.8) is 0 Å². The van der Waals surface area contributed by atoms with E-state index in [1.807, 2.05) is 24.3 Å². The third-order valence-electron chi connectivity index (χ3n) is 4.57. The lowest BCUT2D eigenvalue weighted by molar-refractivity contribution is 0.0982. The van der Waals surface area contributed by atoms with Crippen LogP contribution in [0.2, 0.25) is 0 Å². The second kappa shape index (κ2) is 5.27. The van der Waals surface area contributed by atoms with E-state index < -0.39 is 0 Å². The molecule has 0 saturated carbocycles. The number of benzene rings is 4. The Balaban J connectivity index is 2.15. The average molecular weight is 312 g/mol. The van der Waals surface area contributed by atoms with Gasteiger partial charge in [-0.2, -0.15) is 0 Å². The Hall–Kier alpha value is -3.00. The number of fused-ring (bicyclic) bond motifs is 3. The van der Waals surface area contributed by atoms with Gasteiger partial charge in [0.2, 0.25) is 0 Å². The first kappa shape index (κ1) is 14.6. The molecule has 0 heterocycles. The molecule has 4 aromatic rings. The highest BCUT2D eigenvalue weighted by atomic mass is 16.1. The molecule has 0 atom stereocenters. The summed E-state index contributed by atoms with van der Waals surface area (Å²) in [4.78, 5) is 24.1. The van der Waals surface area contributed by atoms with Crippen molar-refractivity contribution in [3.8, 4) is 0 Å². The fourth-order valence-electron chi connectivity index (χ4n) is 3.44. The summed E-state index contributed by atoms with van der Waals surface area (Å²) < 4.78 is 0. The summed E-state index contributed by atoms with van der Waals surface area (Å²) in [5.74, 6) is -0.161. The Labute approximate surface area is 139 Å². The lowest BCUT2D eigenvalue weighted by atomic mass is 9.92. The van der Waals surface area contributed by atoms with E-state index in [0.717, 1.165) is 26.9 Å². The number of hydrogen-bond donors (Lipinski definition) is 0. The Kier molecular flexibility index (Phi) is 3.20. The Morgan fingerprint density at radius 1 is 0.625 bits per heavy atom. The molecule has 2 heteroatoms. The maximum atomic E-state index is 12.2. The summed E-state index contributed by atoms with van der Waals surface area (Å²) in [5, 5.41) is 6.38. The van der Waals surface area contributed by atoms with Crippen LogP contribution in [0.25, 0.3) is 32.3 Å². The number of hydrogen-bond acceptors (Lipinski definition) is 2. The molecule has 0 saturated heterocycles. The summed E-state index contributed by atoms with van der Waals surface area (Å²) in [6.07, 6.45) is 0. The molecule has 0 bridgehead atoms. The molecule has 0 aliphatic carbocycles. The van der Waals surface area contributed by atoms with Crippen LogP contribution in [0.1, 0.15) is 34.6 Å². The highest BCUT2D eigenvalue weighted by Crippen LogP contribution is 2.31. The second-order valence-corrected chi connectivity index (χ2v) is 6.22. The van der Waals surface area contributed by atoms with Gasteiger partial charge in [-0.3, -0.25) is 9.59 Å². The van der Waals surface area contributed by atoms with Gasteiger partial charge in [0, 0.05) is 11.1 Å². The van der Waals surface area contributed by atoms with E-state index in [9.17, 15) is 9.59 Å².